The molecule has 1 heterocycles. The Balaban J connectivity index is 2.54. The van der Waals surface area contributed by atoms with E-state index in [0.29, 0.717) is 17.3 Å². The number of anilines is 1. The molecule has 1 aromatic rings. The summed E-state index contributed by atoms with van der Waals surface area (Å²) in [6.45, 7) is 10.4. The van der Waals surface area contributed by atoms with Crippen molar-refractivity contribution in [1.82, 2.24) is 0 Å². The molecule has 0 aliphatic carbocycles. The van der Waals surface area contributed by atoms with E-state index in [-0.39, 0.29) is 0 Å². The minimum Gasteiger partial charge on any atom is -0.384 e. The third-order valence-electron chi connectivity index (χ3n) is 4.06. The predicted molar refractivity (Wildman–Crippen MR) is 66.3 cm³/mol. The van der Waals surface area contributed by atoms with E-state index in [1.807, 2.05) is 0 Å². The van der Waals surface area contributed by atoms with Gasteiger partial charge in [0.25, 0.3) is 0 Å². The number of hydrogen-bond acceptors (Lipinski definition) is 1. The number of fused-ring (bicyclic) bond motifs is 1. The number of rotatable bonds is 2. The fourth-order valence-corrected chi connectivity index (χ4v) is 3.08. The van der Waals surface area contributed by atoms with E-state index in [2.05, 4.69) is 57.3 Å². The van der Waals surface area contributed by atoms with Crippen LogP contribution in [0.5, 0.6) is 0 Å². The number of nitrogens with one attached hydrogen (secondary N) is 1. The maximum atomic E-state index is 3.55. The van der Waals surface area contributed by atoms with Gasteiger partial charge in [0.05, 0.1) is 0 Å². The van der Waals surface area contributed by atoms with Crippen molar-refractivity contribution in [2.24, 2.45) is 11.8 Å². The van der Waals surface area contributed by atoms with Gasteiger partial charge in [0.1, 0.15) is 0 Å². The number of benzene rings is 1. The summed E-state index contributed by atoms with van der Waals surface area (Å²) in [5.41, 5.74) is 3.16. The predicted octanol–water partition coefficient (Wildman–Crippen LogP) is 3.66. The Morgan fingerprint density at radius 1 is 1.07 bits per heavy atom. The summed E-state index contributed by atoms with van der Waals surface area (Å²) in [7, 11) is 0. The van der Waals surface area contributed by atoms with Crippen LogP contribution in [0.4, 0.5) is 5.69 Å². The molecule has 0 saturated heterocycles. The van der Waals surface area contributed by atoms with Crippen molar-refractivity contribution < 1.29 is 0 Å². The second kappa shape index (κ2) is 3.55. The SMILES string of the molecule is CC(C)C1(C(C)C)CNc2ccccc21. The first-order valence-electron chi connectivity index (χ1n) is 5.92. The van der Waals surface area contributed by atoms with Gasteiger partial charge in [-0.25, -0.2) is 0 Å². The summed E-state index contributed by atoms with van der Waals surface area (Å²) in [4.78, 5) is 0. The van der Waals surface area contributed by atoms with Gasteiger partial charge in [-0.2, -0.15) is 0 Å². The molecule has 1 aliphatic rings. The van der Waals surface area contributed by atoms with Gasteiger partial charge in [-0.3, -0.25) is 0 Å². The summed E-state index contributed by atoms with van der Waals surface area (Å²) >= 11 is 0. The van der Waals surface area contributed by atoms with Crippen LogP contribution in [0.3, 0.4) is 0 Å². The Labute approximate surface area is 92.9 Å². The molecule has 1 nitrogen and oxygen atoms in total. The third-order valence-corrected chi connectivity index (χ3v) is 4.06. The molecule has 1 N–H and O–H groups in total. The molecule has 0 atom stereocenters. The highest BCUT2D eigenvalue weighted by Crippen LogP contribution is 2.46. The summed E-state index contributed by atoms with van der Waals surface area (Å²) in [5.74, 6) is 1.35. The fourth-order valence-electron chi connectivity index (χ4n) is 3.08. The number of hydrogen-bond donors (Lipinski definition) is 1. The molecule has 0 aromatic heterocycles. The summed E-state index contributed by atoms with van der Waals surface area (Å²) in [6.07, 6.45) is 0. The van der Waals surface area contributed by atoms with Crippen LogP contribution in [0.25, 0.3) is 0 Å². The zero-order valence-corrected chi connectivity index (χ0v) is 10.2. The van der Waals surface area contributed by atoms with Gasteiger partial charge in [-0.05, 0) is 23.5 Å². The summed E-state index contributed by atoms with van der Waals surface area (Å²) < 4.78 is 0. The lowest BCUT2D eigenvalue weighted by Gasteiger charge is -2.37. The minimum atomic E-state index is 0.316. The van der Waals surface area contributed by atoms with Crippen LogP contribution in [-0.4, -0.2) is 6.54 Å². The van der Waals surface area contributed by atoms with Gasteiger partial charge in [-0.15, -0.1) is 0 Å². The van der Waals surface area contributed by atoms with Crippen molar-refractivity contribution in [3.63, 3.8) is 0 Å². The first-order valence-corrected chi connectivity index (χ1v) is 5.92. The van der Waals surface area contributed by atoms with Crippen molar-refractivity contribution >= 4 is 5.69 Å². The lowest BCUT2D eigenvalue weighted by atomic mass is 9.66. The van der Waals surface area contributed by atoms with Crippen LogP contribution < -0.4 is 5.32 Å². The van der Waals surface area contributed by atoms with Crippen molar-refractivity contribution in [2.45, 2.75) is 33.1 Å². The van der Waals surface area contributed by atoms with Crippen molar-refractivity contribution in [2.75, 3.05) is 11.9 Å². The highest BCUT2D eigenvalue weighted by Gasteiger charge is 2.43. The van der Waals surface area contributed by atoms with Gasteiger partial charge < -0.3 is 5.32 Å². The van der Waals surface area contributed by atoms with E-state index < -0.39 is 0 Å². The van der Waals surface area contributed by atoms with Crippen molar-refractivity contribution in [3.8, 4) is 0 Å². The van der Waals surface area contributed by atoms with Crippen molar-refractivity contribution in [3.05, 3.63) is 29.8 Å². The van der Waals surface area contributed by atoms with Gasteiger partial charge in [-0.1, -0.05) is 45.9 Å². The molecular weight excluding hydrogens is 182 g/mol. The Morgan fingerprint density at radius 3 is 2.27 bits per heavy atom. The smallest absolute Gasteiger partial charge is 0.0379 e. The molecule has 2 rings (SSSR count). The van der Waals surface area contributed by atoms with Crippen LogP contribution in [0.2, 0.25) is 0 Å². The van der Waals surface area contributed by atoms with Crippen LogP contribution in [-0.2, 0) is 5.41 Å². The van der Waals surface area contributed by atoms with Gasteiger partial charge in [0.15, 0.2) is 0 Å². The Morgan fingerprint density at radius 2 is 1.67 bits per heavy atom. The highest BCUT2D eigenvalue weighted by atomic mass is 14.9. The molecule has 0 saturated carbocycles. The molecule has 1 aromatic carbocycles. The Kier molecular flexibility index (Phi) is 2.49. The molecule has 0 bridgehead atoms. The van der Waals surface area contributed by atoms with E-state index in [0.717, 1.165) is 6.54 Å². The standard InChI is InChI=1S/C14H21N/c1-10(2)14(11(3)4)9-15-13-8-6-5-7-12(13)14/h5-8,10-11,15H,9H2,1-4H3. The zero-order valence-electron chi connectivity index (χ0n) is 10.2. The molecule has 0 fully saturated rings. The van der Waals surface area contributed by atoms with Crippen LogP contribution in [0.1, 0.15) is 33.3 Å². The first kappa shape index (κ1) is 10.5. The van der Waals surface area contributed by atoms with E-state index in [4.69, 9.17) is 0 Å². The molecule has 0 spiro atoms. The highest BCUT2D eigenvalue weighted by molar-refractivity contribution is 5.60. The molecule has 0 amide bonds. The van der Waals surface area contributed by atoms with E-state index in [1.54, 1.807) is 0 Å². The van der Waals surface area contributed by atoms with Crippen molar-refractivity contribution in [1.29, 1.82) is 0 Å². The second-order valence-electron chi connectivity index (χ2n) is 5.25. The number of para-hydroxylation sites is 1. The maximum absolute atomic E-state index is 3.55. The monoisotopic (exact) mass is 203 g/mol. The van der Waals surface area contributed by atoms with E-state index >= 15 is 0 Å². The molecule has 15 heavy (non-hydrogen) atoms. The molecule has 82 valence electrons. The average molecular weight is 203 g/mol. The minimum absolute atomic E-state index is 0.316. The van der Waals surface area contributed by atoms with Crippen LogP contribution >= 0.6 is 0 Å². The van der Waals surface area contributed by atoms with Crippen LogP contribution in [0.15, 0.2) is 24.3 Å². The van der Waals surface area contributed by atoms with Gasteiger partial charge in [0.2, 0.25) is 0 Å². The first-order chi connectivity index (χ1) is 7.09. The van der Waals surface area contributed by atoms with E-state index in [9.17, 15) is 0 Å². The van der Waals surface area contributed by atoms with Gasteiger partial charge in [0, 0.05) is 17.6 Å². The Hall–Kier alpha value is -0.980. The fraction of sp³-hybridized carbons (Fsp3) is 0.571. The molecule has 0 unspecified atom stereocenters. The molecule has 0 radical (unpaired) electrons. The topological polar surface area (TPSA) is 12.0 Å². The lowest BCUT2D eigenvalue weighted by molar-refractivity contribution is 0.245. The van der Waals surface area contributed by atoms with E-state index in [1.165, 1.54) is 11.3 Å². The molecule has 1 heteroatoms. The zero-order chi connectivity index (χ0) is 11.1. The largest absolute Gasteiger partial charge is 0.384 e. The quantitative estimate of drug-likeness (QED) is 0.773. The van der Waals surface area contributed by atoms with Crippen LogP contribution in [0, 0.1) is 11.8 Å². The lowest BCUT2D eigenvalue weighted by Crippen LogP contribution is -2.39. The molecular formula is C14H21N. The third kappa shape index (κ3) is 1.37. The second-order valence-corrected chi connectivity index (χ2v) is 5.25. The Bertz CT molecular complexity index is 344. The maximum Gasteiger partial charge on any atom is 0.0379 e. The summed E-state index contributed by atoms with van der Waals surface area (Å²) in [6, 6.07) is 8.76. The average Bonchev–Trinajstić information content (AvgIpc) is 2.57. The normalized spacial score (nSPS) is 18.0. The summed E-state index contributed by atoms with van der Waals surface area (Å²) in [5, 5.41) is 3.55. The van der Waals surface area contributed by atoms with Gasteiger partial charge >= 0.3 is 0 Å². The molecule has 1 aliphatic heterocycles.